The summed E-state index contributed by atoms with van der Waals surface area (Å²) in [6.45, 7) is 3.21. The summed E-state index contributed by atoms with van der Waals surface area (Å²) in [5.74, 6) is 0.432. The molecule has 1 aliphatic rings. The fourth-order valence-electron chi connectivity index (χ4n) is 2.95. The van der Waals surface area contributed by atoms with Gasteiger partial charge in [-0.15, -0.1) is 0 Å². The number of rotatable bonds is 3. The Kier molecular flexibility index (Phi) is 4.97. The van der Waals surface area contributed by atoms with Crippen molar-refractivity contribution in [3.8, 4) is 0 Å². The number of carbonyl (C=O) groups is 1. The molecule has 8 nitrogen and oxygen atoms in total. The highest BCUT2D eigenvalue weighted by atomic mass is 16.2. The minimum atomic E-state index is -0.255. The molecular weight excluding hydrogens is 320 g/mol. The molecular formula is C17H22N6O2. The van der Waals surface area contributed by atoms with E-state index in [9.17, 15) is 9.59 Å². The number of carbonyl (C=O) groups excluding carboxylic acids is 1. The number of nitrogens with one attached hydrogen (secondary N) is 2. The van der Waals surface area contributed by atoms with Crippen LogP contribution in [0.3, 0.4) is 0 Å². The van der Waals surface area contributed by atoms with E-state index < -0.39 is 0 Å². The number of hydrogen-bond donors (Lipinski definition) is 2. The Hall–Kier alpha value is -2.90. The first kappa shape index (κ1) is 16.9. The Morgan fingerprint density at radius 1 is 1.36 bits per heavy atom. The highest BCUT2D eigenvalue weighted by Gasteiger charge is 2.24. The molecule has 2 aromatic heterocycles. The van der Waals surface area contributed by atoms with Gasteiger partial charge < -0.3 is 20.1 Å². The largest absolute Gasteiger partial charge is 0.350 e. The van der Waals surface area contributed by atoms with Crippen LogP contribution in [0.5, 0.6) is 0 Å². The predicted molar refractivity (Wildman–Crippen MR) is 95.8 cm³/mol. The van der Waals surface area contributed by atoms with Crippen LogP contribution in [0.15, 0.2) is 35.6 Å². The van der Waals surface area contributed by atoms with Crippen molar-refractivity contribution >= 4 is 17.5 Å². The van der Waals surface area contributed by atoms with Gasteiger partial charge in [-0.1, -0.05) is 0 Å². The molecule has 3 heterocycles. The molecule has 0 aromatic carbocycles. The number of nitrogens with zero attached hydrogens (tertiary/aromatic N) is 4. The lowest BCUT2D eigenvalue weighted by Gasteiger charge is -2.33. The fourth-order valence-corrected chi connectivity index (χ4v) is 2.95. The van der Waals surface area contributed by atoms with E-state index in [1.54, 1.807) is 37.9 Å². The third-order valence-corrected chi connectivity index (χ3v) is 4.32. The molecule has 1 fully saturated rings. The minimum Gasteiger partial charge on any atom is -0.350 e. The number of piperidine rings is 1. The van der Waals surface area contributed by atoms with Crippen molar-refractivity contribution in [1.29, 1.82) is 0 Å². The van der Waals surface area contributed by atoms with Crippen molar-refractivity contribution in [2.75, 3.05) is 23.3 Å². The van der Waals surface area contributed by atoms with E-state index in [-0.39, 0.29) is 17.6 Å². The first-order chi connectivity index (χ1) is 12.0. The lowest BCUT2D eigenvalue weighted by atomic mass is 10.1. The predicted octanol–water partition coefficient (Wildman–Crippen LogP) is 1.27. The second kappa shape index (κ2) is 7.33. The molecule has 3 rings (SSSR count). The average molecular weight is 342 g/mol. The van der Waals surface area contributed by atoms with Crippen LogP contribution < -0.4 is 21.1 Å². The molecule has 25 heavy (non-hydrogen) atoms. The second-order valence-corrected chi connectivity index (χ2v) is 6.24. The van der Waals surface area contributed by atoms with Crippen LogP contribution in [-0.4, -0.2) is 39.7 Å². The summed E-state index contributed by atoms with van der Waals surface area (Å²) in [5.41, 5.74) is 1.51. The van der Waals surface area contributed by atoms with E-state index in [4.69, 9.17) is 0 Å². The van der Waals surface area contributed by atoms with Crippen LogP contribution in [0, 0.1) is 6.92 Å². The SMILES string of the molecule is Cc1cnccc1NC(=O)N[C@@H]1CCCN(c2nccn(C)c2=O)C1. The van der Waals surface area contributed by atoms with Crippen LogP contribution in [0.4, 0.5) is 16.3 Å². The zero-order valence-electron chi connectivity index (χ0n) is 14.4. The highest BCUT2D eigenvalue weighted by molar-refractivity contribution is 5.90. The molecule has 0 bridgehead atoms. The number of pyridine rings is 1. The Morgan fingerprint density at radius 3 is 3.00 bits per heavy atom. The van der Waals surface area contributed by atoms with Gasteiger partial charge in [-0.3, -0.25) is 9.78 Å². The average Bonchev–Trinajstić information content (AvgIpc) is 2.59. The summed E-state index contributed by atoms with van der Waals surface area (Å²) in [7, 11) is 1.71. The third-order valence-electron chi connectivity index (χ3n) is 4.32. The molecule has 0 unspecified atom stereocenters. The third kappa shape index (κ3) is 3.96. The maximum absolute atomic E-state index is 12.3. The number of urea groups is 1. The van der Waals surface area contributed by atoms with Gasteiger partial charge in [-0.05, 0) is 31.4 Å². The lowest BCUT2D eigenvalue weighted by molar-refractivity contribution is 0.246. The highest BCUT2D eigenvalue weighted by Crippen LogP contribution is 2.15. The zero-order valence-corrected chi connectivity index (χ0v) is 14.4. The Balaban J connectivity index is 1.64. The molecule has 0 spiro atoms. The topological polar surface area (TPSA) is 92.2 Å². The Morgan fingerprint density at radius 2 is 2.20 bits per heavy atom. The second-order valence-electron chi connectivity index (χ2n) is 6.24. The summed E-state index contributed by atoms with van der Waals surface area (Å²) in [6, 6.07) is 1.47. The summed E-state index contributed by atoms with van der Waals surface area (Å²) >= 11 is 0. The minimum absolute atomic E-state index is 0.0393. The molecule has 132 valence electrons. The van der Waals surface area contributed by atoms with Crippen molar-refractivity contribution in [1.82, 2.24) is 19.9 Å². The summed E-state index contributed by atoms with van der Waals surface area (Å²) < 4.78 is 1.51. The van der Waals surface area contributed by atoms with Crippen LogP contribution in [0.1, 0.15) is 18.4 Å². The van der Waals surface area contributed by atoms with E-state index in [2.05, 4.69) is 20.6 Å². The van der Waals surface area contributed by atoms with Gasteiger partial charge in [0.15, 0.2) is 5.82 Å². The number of aryl methyl sites for hydroxylation is 2. The maximum atomic E-state index is 12.3. The molecule has 2 N–H and O–H groups in total. The van der Waals surface area contributed by atoms with Crippen molar-refractivity contribution in [2.45, 2.75) is 25.8 Å². The van der Waals surface area contributed by atoms with Crippen molar-refractivity contribution < 1.29 is 4.79 Å². The van der Waals surface area contributed by atoms with Gasteiger partial charge in [0.2, 0.25) is 0 Å². The van der Waals surface area contributed by atoms with Gasteiger partial charge in [-0.25, -0.2) is 9.78 Å². The van der Waals surface area contributed by atoms with Crippen LogP contribution in [0.2, 0.25) is 0 Å². The Bertz CT molecular complexity index is 819. The molecule has 1 aliphatic heterocycles. The first-order valence-corrected chi connectivity index (χ1v) is 8.29. The van der Waals surface area contributed by atoms with Crippen molar-refractivity contribution in [3.63, 3.8) is 0 Å². The van der Waals surface area contributed by atoms with Gasteiger partial charge in [0.25, 0.3) is 5.56 Å². The zero-order chi connectivity index (χ0) is 17.8. The summed E-state index contributed by atoms with van der Waals surface area (Å²) in [6.07, 6.45) is 8.35. The van der Waals surface area contributed by atoms with Gasteiger partial charge in [0, 0.05) is 56.7 Å². The van der Waals surface area contributed by atoms with Gasteiger partial charge in [0.05, 0.1) is 0 Å². The van der Waals surface area contributed by atoms with Crippen LogP contribution in [-0.2, 0) is 7.05 Å². The number of anilines is 2. The number of amides is 2. The molecule has 2 amide bonds. The normalized spacial score (nSPS) is 17.2. The quantitative estimate of drug-likeness (QED) is 0.876. The van der Waals surface area contributed by atoms with Gasteiger partial charge >= 0.3 is 6.03 Å². The molecule has 2 aromatic rings. The molecule has 8 heteroatoms. The van der Waals surface area contributed by atoms with Crippen LogP contribution >= 0.6 is 0 Å². The van der Waals surface area contributed by atoms with E-state index in [1.165, 1.54) is 4.57 Å². The standard InChI is InChI=1S/C17H22N6O2/c1-12-10-18-6-5-14(12)21-17(25)20-13-4-3-8-23(11-13)15-16(24)22(2)9-7-19-15/h5-7,9-10,13H,3-4,8,11H2,1-2H3,(H2,18,20,21,25)/t13-/m1/s1. The Labute approximate surface area is 145 Å². The fraction of sp³-hybridized carbons (Fsp3) is 0.412. The van der Waals surface area contributed by atoms with E-state index in [0.717, 1.165) is 30.6 Å². The number of hydrogen-bond acceptors (Lipinski definition) is 5. The van der Waals surface area contributed by atoms with Gasteiger partial charge in [-0.2, -0.15) is 0 Å². The smallest absolute Gasteiger partial charge is 0.319 e. The van der Waals surface area contributed by atoms with Crippen molar-refractivity contribution in [3.05, 3.63) is 46.8 Å². The van der Waals surface area contributed by atoms with E-state index >= 15 is 0 Å². The monoisotopic (exact) mass is 342 g/mol. The van der Waals surface area contributed by atoms with Crippen LogP contribution in [0.25, 0.3) is 0 Å². The maximum Gasteiger partial charge on any atom is 0.319 e. The molecule has 0 saturated carbocycles. The van der Waals surface area contributed by atoms with Gasteiger partial charge in [0.1, 0.15) is 0 Å². The molecule has 0 aliphatic carbocycles. The summed E-state index contributed by atoms with van der Waals surface area (Å²) in [5, 5.41) is 5.82. The molecule has 1 saturated heterocycles. The molecule has 1 atom stereocenters. The van der Waals surface area contributed by atoms with E-state index in [0.29, 0.717) is 12.4 Å². The molecule has 0 radical (unpaired) electrons. The van der Waals surface area contributed by atoms with E-state index in [1.807, 2.05) is 11.8 Å². The lowest BCUT2D eigenvalue weighted by Crippen LogP contribution is -2.50. The van der Waals surface area contributed by atoms with Crippen molar-refractivity contribution in [2.24, 2.45) is 7.05 Å². The first-order valence-electron chi connectivity index (χ1n) is 8.29. The summed E-state index contributed by atoms with van der Waals surface area (Å²) in [4.78, 5) is 34.6. The number of aromatic nitrogens is 3.